The Morgan fingerprint density at radius 2 is 1.95 bits per heavy atom. The van der Waals surface area contributed by atoms with Crippen LogP contribution in [-0.4, -0.2) is 22.2 Å². The smallest absolute Gasteiger partial charge is 0.271 e. The quantitative estimate of drug-likeness (QED) is 0.503. The summed E-state index contributed by atoms with van der Waals surface area (Å²) in [6.45, 7) is 2.36. The van der Waals surface area contributed by atoms with Crippen LogP contribution >= 0.6 is 0 Å². The van der Waals surface area contributed by atoms with Crippen molar-refractivity contribution in [3.8, 4) is 0 Å². The molecule has 5 heteroatoms. The van der Waals surface area contributed by atoms with E-state index in [1.807, 2.05) is 6.92 Å². The van der Waals surface area contributed by atoms with Gasteiger partial charge in [-0.2, -0.15) is 0 Å². The minimum atomic E-state index is -0.687. The van der Waals surface area contributed by atoms with E-state index >= 15 is 0 Å². The number of aryl methyl sites for hydroxylation is 1. The molecule has 0 radical (unpaired) electrons. The number of hydrogen-bond donors (Lipinski definition) is 2. The van der Waals surface area contributed by atoms with Gasteiger partial charge in [0.15, 0.2) is 0 Å². The van der Waals surface area contributed by atoms with E-state index in [0.717, 1.165) is 36.9 Å². The van der Waals surface area contributed by atoms with Gasteiger partial charge in [-0.1, -0.05) is 31.7 Å². The molecule has 0 saturated heterocycles. The van der Waals surface area contributed by atoms with Gasteiger partial charge in [0.2, 0.25) is 0 Å². The predicted molar refractivity (Wildman–Crippen MR) is 79.0 cm³/mol. The third kappa shape index (κ3) is 3.70. The molecule has 0 aliphatic heterocycles. The number of nitrogens with one attached hydrogen (secondary N) is 1. The second-order valence-corrected chi connectivity index (χ2v) is 5.75. The van der Waals surface area contributed by atoms with Crippen molar-refractivity contribution in [3.05, 3.63) is 33.9 Å². The first-order chi connectivity index (χ1) is 9.50. The molecular weight excluding hydrogens is 256 g/mol. The SMILES string of the molecule is Cc1ccc([N+](=O)[O-])cc1NCC1(O)CCCCCC1. The Morgan fingerprint density at radius 1 is 1.30 bits per heavy atom. The maximum absolute atomic E-state index is 10.8. The lowest BCUT2D eigenvalue weighted by Crippen LogP contribution is -2.36. The Morgan fingerprint density at radius 3 is 2.55 bits per heavy atom. The molecule has 0 aromatic heterocycles. The van der Waals surface area contributed by atoms with E-state index in [1.165, 1.54) is 25.0 Å². The Labute approximate surface area is 119 Å². The maximum atomic E-state index is 10.8. The largest absolute Gasteiger partial charge is 0.388 e. The molecule has 0 unspecified atom stereocenters. The summed E-state index contributed by atoms with van der Waals surface area (Å²) in [4.78, 5) is 10.4. The summed E-state index contributed by atoms with van der Waals surface area (Å²) in [7, 11) is 0. The third-order valence-corrected chi connectivity index (χ3v) is 4.07. The first-order valence-electron chi connectivity index (χ1n) is 7.21. The zero-order valence-electron chi connectivity index (χ0n) is 11.9. The van der Waals surface area contributed by atoms with Crippen LogP contribution in [0, 0.1) is 17.0 Å². The van der Waals surface area contributed by atoms with Gasteiger partial charge in [-0.05, 0) is 25.3 Å². The average Bonchev–Trinajstić information content (AvgIpc) is 2.63. The Bertz CT molecular complexity index is 480. The van der Waals surface area contributed by atoms with Crippen molar-refractivity contribution in [2.24, 2.45) is 0 Å². The standard InChI is InChI=1S/C15H22N2O3/c1-12-6-7-13(17(19)20)10-14(12)16-11-15(18)8-4-2-3-5-9-15/h6-7,10,16,18H,2-5,8-9,11H2,1H3. The van der Waals surface area contributed by atoms with Crippen LogP contribution in [-0.2, 0) is 0 Å². The highest BCUT2D eigenvalue weighted by Gasteiger charge is 2.27. The van der Waals surface area contributed by atoms with Crippen molar-refractivity contribution in [1.29, 1.82) is 0 Å². The van der Waals surface area contributed by atoms with E-state index in [0.29, 0.717) is 6.54 Å². The van der Waals surface area contributed by atoms with Gasteiger partial charge in [0.05, 0.1) is 10.5 Å². The molecule has 2 rings (SSSR count). The average molecular weight is 278 g/mol. The van der Waals surface area contributed by atoms with Crippen molar-refractivity contribution in [3.63, 3.8) is 0 Å². The topological polar surface area (TPSA) is 75.4 Å². The Balaban J connectivity index is 2.05. The number of nitrogens with zero attached hydrogens (tertiary/aromatic N) is 1. The molecule has 2 N–H and O–H groups in total. The lowest BCUT2D eigenvalue weighted by molar-refractivity contribution is -0.384. The third-order valence-electron chi connectivity index (χ3n) is 4.07. The van der Waals surface area contributed by atoms with Gasteiger partial charge in [-0.3, -0.25) is 10.1 Å². The number of nitro groups is 1. The molecule has 1 aromatic rings. The van der Waals surface area contributed by atoms with E-state index in [-0.39, 0.29) is 5.69 Å². The number of aliphatic hydroxyl groups is 1. The fourth-order valence-electron chi connectivity index (χ4n) is 2.74. The number of non-ortho nitro benzene ring substituents is 1. The molecule has 1 fully saturated rings. The summed E-state index contributed by atoms with van der Waals surface area (Å²) in [5.74, 6) is 0. The molecule has 5 nitrogen and oxygen atoms in total. The number of nitro benzene ring substituents is 1. The minimum Gasteiger partial charge on any atom is -0.388 e. The van der Waals surface area contributed by atoms with E-state index in [4.69, 9.17) is 0 Å². The fraction of sp³-hybridized carbons (Fsp3) is 0.600. The Kier molecular flexibility index (Phi) is 4.60. The lowest BCUT2D eigenvalue weighted by atomic mass is 9.94. The van der Waals surface area contributed by atoms with Crippen LogP contribution in [0.15, 0.2) is 18.2 Å². The summed E-state index contributed by atoms with van der Waals surface area (Å²) >= 11 is 0. The highest BCUT2D eigenvalue weighted by molar-refractivity contribution is 5.56. The van der Waals surface area contributed by atoms with Crippen LogP contribution in [0.4, 0.5) is 11.4 Å². The molecule has 20 heavy (non-hydrogen) atoms. The molecule has 1 aliphatic carbocycles. The summed E-state index contributed by atoms with van der Waals surface area (Å²) in [5.41, 5.74) is 1.07. The van der Waals surface area contributed by atoms with Gasteiger partial charge >= 0.3 is 0 Å². The minimum absolute atomic E-state index is 0.0750. The Hall–Kier alpha value is -1.62. The van der Waals surface area contributed by atoms with Gasteiger partial charge in [-0.25, -0.2) is 0 Å². The number of hydrogen-bond acceptors (Lipinski definition) is 4. The van der Waals surface area contributed by atoms with Crippen LogP contribution in [0.1, 0.15) is 44.1 Å². The van der Waals surface area contributed by atoms with Crippen LogP contribution in [0.2, 0.25) is 0 Å². The summed E-state index contributed by atoms with van der Waals surface area (Å²) in [6.07, 6.45) is 6.05. The second-order valence-electron chi connectivity index (χ2n) is 5.75. The molecular formula is C15H22N2O3. The lowest BCUT2D eigenvalue weighted by Gasteiger charge is -2.27. The zero-order valence-corrected chi connectivity index (χ0v) is 11.9. The molecule has 0 bridgehead atoms. The monoisotopic (exact) mass is 278 g/mol. The van der Waals surface area contributed by atoms with Crippen LogP contribution in [0.3, 0.4) is 0 Å². The first kappa shape index (κ1) is 14.8. The number of anilines is 1. The van der Waals surface area contributed by atoms with Gasteiger partial charge in [0.1, 0.15) is 0 Å². The van der Waals surface area contributed by atoms with E-state index in [2.05, 4.69) is 5.32 Å². The van der Waals surface area contributed by atoms with Crippen molar-refractivity contribution >= 4 is 11.4 Å². The normalized spacial score (nSPS) is 18.3. The van der Waals surface area contributed by atoms with E-state index in [1.54, 1.807) is 6.07 Å². The summed E-state index contributed by atoms with van der Waals surface area (Å²) < 4.78 is 0. The van der Waals surface area contributed by atoms with Crippen LogP contribution < -0.4 is 5.32 Å². The van der Waals surface area contributed by atoms with E-state index < -0.39 is 10.5 Å². The first-order valence-corrected chi connectivity index (χ1v) is 7.21. The number of rotatable bonds is 4. The number of benzene rings is 1. The van der Waals surface area contributed by atoms with Gasteiger partial charge in [-0.15, -0.1) is 0 Å². The summed E-state index contributed by atoms with van der Waals surface area (Å²) in [5, 5.41) is 24.6. The predicted octanol–water partition coefficient (Wildman–Crippen LogP) is 3.40. The van der Waals surface area contributed by atoms with Gasteiger partial charge < -0.3 is 10.4 Å². The fourth-order valence-corrected chi connectivity index (χ4v) is 2.74. The van der Waals surface area contributed by atoms with Crippen LogP contribution in [0.5, 0.6) is 0 Å². The molecule has 0 spiro atoms. The zero-order chi connectivity index (χ0) is 14.6. The maximum Gasteiger partial charge on any atom is 0.271 e. The van der Waals surface area contributed by atoms with Crippen molar-refractivity contribution in [2.75, 3.05) is 11.9 Å². The second kappa shape index (κ2) is 6.22. The van der Waals surface area contributed by atoms with Crippen molar-refractivity contribution in [2.45, 2.75) is 51.0 Å². The molecule has 0 amide bonds. The van der Waals surface area contributed by atoms with E-state index in [9.17, 15) is 15.2 Å². The summed E-state index contributed by atoms with van der Waals surface area (Å²) in [6, 6.07) is 4.77. The highest BCUT2D eigenvalue weighted by Crippen LogP contribution is 2.28. The molecule has 0 heterocycles. The molecule has 1 saturated carbocycles. The molecule has 1 aromatic carbocycles. The van der Waals surface area contributed by atoms with Gasteiger partial charge in [0, 0.05) is 24.4 Å². The molecule has 1 aliphatic rings. The highest BCUT2D eigenvalue weighted by atomic mass is 16.6. The molecule has 0 atom stereocenters. The van der Waals surface area contributed by atoms with Crippen molar-refractivity contribution < 1.29 is 10.0 Å². The van der Waals surface area contributed by atoms with Gasteiger partial charge in [0.25, 0.3) is 5.69 Å². The van der Waals surface area contributed by atoms with Crippen molar-refractivity contribution in [1.82, 2.24) is 0 Å². The van der Waals surface area contributed by atoms with Crippen LogP contribution in [0.25, 0.3) is 0 Å². The molecule has 110 valence electrons.